The lowest BCUT2D eigenvalue weighted by Crippen LogP contribution is -2.45. The zero-order valence-corrected chi connectivity index (χ0v) is 17.4. The number of nitrogens with one attached hydrogen (secondary N) is 1. The molecule has 0 bridgehead atoms. The van der Waals surface area contributed by atoms with Crippen LogP contribution >= 0.6 is 0 Å². The quantitative estimate of drug-likeness (QED) is 0.590. The summed E-state index contributed by atoms with van der Waals surface area (Å²) in [5.74, 6) is 1.14. The lowest BCUT2D eigenvalue weighted by atomic mass is 10.0. The highest BCUT2D eigenvalue weighted by atomic mass is 19.1. The summed E-state index contributed by atoms with van der Waals surface area (Å²) in [7, 11) is 0. The number of nitrogens with zero attached hydrogens (tertiary/aromatic N) is 3. The molecule has 0 saturated carbocycles. The first-order valence-corrected chi connectivity index (χ1v) is 10.5. The van der Waals surface area contributed by atoms with E-state index in [4.69, 9.17) is 4.74 Å². The van der Waals surface area contributed by atoms with Crippen LogP contribution in [0.25, 0.3) is 11.0 Å². The monoisotopic (exact) mass is 424 g/mol. The Kier molecular flexibility index (Phi) is 6.16. The second-order valence-electron chi connectivity index (χ2n) is 7.61. The first kappa shape index (κ1) is 20.8. The van der Waals surface area contributed by atoms with E-state index in [0.717, 1.165) is 31.1 Å². The van der Waals surface area contributed by atoms with Crippen molar-refractivity contribution in [3.63, 3.8) is 0 Å². The zero-order chi connectivity index (χ0) is 21.8. The van der Waals surface area contributed by atoms with Gasteiger partial charge in [0.1, 0.15) is 17.3 Å². The second-order valence-corrected chi connectivity index (χ2v) is 7.61. The molecule has 2 aromatic carbocycles. The summed E-state index contributed by atoms with van der Waals surface area (Å²) in [5.41, 5.74) is 1.51. The fraction of sp³-hybridized carbons (Fsp3) is 0.348. The Morgan fingerprint density at radius 3 is 2.58 bits per heavy atom. The number of carbonyl (C=O) groups is 2. The van der Waals surface area contributed by atoms with Gasteiger partial charge in [0.25, 0.3) is 0 Å². The number of imidazole rings is 1. The number of hydrogen-bond acceptors (Lipinski definition) is 4. The van der Waals surface area contributed by atoms with Crippen LogP contribution in [-0.2, 0) is 0 Å². The van der Waals surface area contributed by atoms with Crippen LogP contribution < -0.4 is 10.1 Å². The molecule has 1 N–H and O–H groups in total. The zero-order valence-electron chi connectivity index (χ0n) is 17.4. The molecule has 1 aliphatic heterocycles. The van der Waals surface area contributed by atoms with E-state index in [0.29, 0.717) is 42.5 Å². The van der Waals surface area contributed by atoms with Crippen LogP contribution in [0.1, 0.15) is 42.8 Å². The molecule has 0 atom stereocenters. The topological polar surface area (TPSA) is 76.5 Å². The third-order valence-corrected chi connectivity index (χ3v) is 5.49. The third kappa shape index (κ3) is 4.52. The molecule has 1 fully saturated rings. The molecule has 8 heteroatoms. The highest BCUT2D eigenvalue weighted by Crippen LogP contribution is 2.32. The van der Waals surface area contributed by atoms with Crippen LogP contribution in [0.5, 0.6) is 11.5 Å². The van der Waals surface area contributed by atoms with E-state index in [2.05, 4.69) is 10.3 Å². The maximum absolute atomic E-state index is 13.1. The van der Waals surface area contributed by atoms with Crippen molar-refractivity contribution in [3.8, 4) is 11.5 Å². The van der Waals surface area contributed by atoms with Crippen molar-refractivity contribution in [2.24, 2.45) is 0 Å². The lowest BCUT2D eigenvalue weighted by Gasteiger charge is -2.33. The number of piperidine rings is 1. The van der Waals surface area contributed by atoms with Gasteiger partial charge in [-0.1, -0.05) is 6.92 Å². The molecule has 0 radical (unpaired) electrons. The summed E-state index contributed by atoms with van der Waals surface area (Å²) in [6.45, 7) is 3.91. The fourth-order valence-corrected chi connectivity index (χ4v) is 3.93. The number of amides is 2. The van der Waals surface area contributed by atoms with Crippen molar-refractivity contribution in [3.05, 3.63) is 54.1 Å². The van der Waals surface area contributed by atoms with Gasteiger partial charge in [-0.05, 0) is 55.7 Å². The molecule has 3 aromatic rings. The van der Waals surface area contributed by atoms with E-state index >= 15 is 0 Å². The molecule has 0 spiro atoms. The molecular weight excluding hydrogens is 399 g/mol. The van der Waals surface area contributed by atoms with Gasteiger partial charge >= 0.3 is 6.03 Å². The van der Waals surface area contributed by atoms with Gasteiger partial charge in [-0.3, -0.25) is 4.79 Å². The summed E-state index contributed by atoms with van der Waals surface area (Å²) in [6, 6.07) is 11.3. The van der Waals surface area contributed by atoms with E-state index < -0.39 is 0 Å². The maximum atomic E-state index is 13.1. The van der Waals surface area contributed by atoms with Gasteiger partial charge in [-0.15, -0.1) is 0 Å². The van der Waals surface area contributed by atoms with Crippen LogP contribution in [0.2, 0.25) is 0 Å². The van der Waals surface area contributed by atoms with Gasteiger partial charge in [-0.25, -0.2) is 14.2 Å². The summed E-state index contributed by atoms with van der Waals surface area (Å²) >= 11 is 0. The number of halogens is 1. The first-order chi connectivity index (χ1) is 15.1. The minimum Gasteiger partial charge on any atom is -0.457 e. The molecule has 2 amide bonds. The summed E-state index contributed by atoms with van der Waals surface area (Å²) in [6.07, 6.45) is 3.12. The SMILES string of the molecule is CCCNC(=O)N1CCC(n2c(C=O)nc3ccc(Oc4ccc(F)cc4)cc32)CC1. The highest BCUT2D eigenvalue weighted by Gasteiger charge is 2.26. The maximum Gasteiger partial charge on any atom is 0.317 e. The Balaban J connectivity index is 1.56. The van der Waals surface area contributed by atoms with E-state index in [9.17, 15) is 14.0 Å². The predicted octanol–water partition coefficient (Wildman–Crippen LogP) is 4.54. The molecule has 7 nitrogen and oxygen atoms in total. The van der Waals surface area contributed by atoms with Gasteiger partial charge in [0.2, 0.25) is 0 Å². The van der Waals surface area contributed by atoms with E-state index in [-0.39, 0.29) is 17.9 Å². The molecule has 0 aliphatic carbocycles. The molecule has 4 rings (SSSR count). The van der Waals surface area contributed by atoms with Crippen LogP contribution in [0.4, 0.5) is 9.18 Å². The van der Waals surface area contributed by atoms with Crippen LogP contribution in [0.3, 0.4) is 0 Å². The van der Waals surface area contributed by atoms with E-state index in [1.54, 1.807) is 18.2 Å². The molecule has 31 heavy (non-hydrogen) atoms. The van der Waals surface area contributed by atoms with E-state index in [1.807, 2.05) is 28.5 Å². The number of aromatic nitrogens is 2. The Morgan fingerprint density at radius 1 is 1.19 bits per heavy atom. The number of carbonyl (C=O) groups excluding carboxylic acids is 2. The Morgan fingerprint density at radius 2 is 1.90 bits per heavy atom. The number of aldehydes is 1. The Labute approximate surface area is 179 Å². The summed E-state index contributed by atoms with van der Waals surface area (Å²) in [5, 5.41) is 2.91. The molecule has 1 aromatic heterocycles. The molecule has 2 heterocycles. The standard InChI is InChI=1S/C23H25FN4O3/c1-2-11-25-23(30)27-12-9-17(10-13-27)28-21-14-19(7-8-20(21)26-22(28)15-29)31-18-5-3-16(24)4-6-18/h3-8,14-15,17H,2,9-13H2,1H3,(H,25,30). The largest absolute Gasteiger partial charge is 0.457 e. The minimum atomic E-state index is -0.328. The molecule has 0 unspecified atom stereocenters. The van der Waals surface area contributed by atoms with Crippen molar-refractivity contribution in [2.75, 3.05) is 19.6 Å². The van der Waals surface area contributed by atoms with E-state index in [1.165, 1.54) is 12.1 Å². The number of ether oxygens (including phenoxy) is 1. The molecule has 1 aliphatic rings. The number of likely N-dealkylation sites (tertiary alicyclic amines) is 1. The number of urea groups is 1. The average Bonchev–Trinajstić information content (AvgIpc) is 3.17. The van der Waals surface area contributed by atoms with Crippen molar-refractivity contribution in [1.29, 1.82) is 0 Å². The van der Waals surface area contributed by atoms with Gasteiger partial charge in [0.05, 0.1) is 11.0 Å². The predicted molar refractivity (Wildman–Crippen MR) is 115 cm³/mol. The molecule has 1 saturated heterocycles. The summed E-state index contributed by atoms with van der Waals surface area (Å²) < 4.78 is 20.9. The van der Waals surface area contributed by atoms with Gasteiger partial charge in [-0.2, -0.15) is 0 Å². The highest BCUT2D eigenvalue weighted by molar-refractivity contribution is 5.84. The van der Waals surface area contributed by atoms with Crippen molar-refractivity contribution < 1.29 is 18.7 Å². The second kappa shape index (κ2) is 9.16. The number of rotatable bonds is 6. The van der Waals surface area contributed by atoms with Gasteiger partial charge < -0.3 is 19.5 Å². The summed E-state index contributed by atoms with van der Waals surface area (Å²) in [4.78, 5) is 30.2. The minimum absolute atomic E-state index is 0.0404. The van der Waals surface area contributed by atoms with Crippen molar-refractivity contribution in [1.82, 2.24) is 19.8 Å². The Hall–Kier alpha value is -3.42. The van der Waals surface area contributed by atoms with Gasteiger partial charge in [0.15, 0.2) is 12.1 Å². The smallest absolute Gasteiger partial charge is 0.317 e. The molecule has 162 valence electrons. The van der Waals surface area contributed by atoms with Crippen LogP contribution in [0.15, 0.2) is 42.5 Å². The van der Waals surface area contributed by atoms with Crippen molar-refractivity contribution in [2.45, 2.75) is 32.2 Å². The average molecular weight is 424 g/mol. The first-order valence-electron chi connectivity index (χ1n) is 10.5. The number of benzene rings is 2. The molecular formula is C23H25FN4O3. The Bertz CT molecular complexity index is 1070. The van der Waals surface area contributed by atoms with Gasteiger partial charge in [0, 0.05) is 31.7 Å². The number of fused-ring (bicyclic) bond motifs is 1. The third-order valence-electron chi connectivity index (χ3n) is 5.49. The van der Waals surface area contributed by atoms with Crippen LogP contribution in [0, 0.1) is 5.82 Å². The number of hydrogen-bond donors (Lipinski definition) is 1. The van der Waals surface area contributed by atoms with Crippen LogP contribution in [-0.4, -0.2) is 46.4 Å². The van der Waals surface area contributed by atoms with Crippen molar-refractivity contribution >= 4 is 23.4 Å². The fourth-order valence-electron chi connectivity index (χ4n) is 3.93. The normalized spacial score (nSPS) is 14.6. The lowest BCUT2D eigenvalue weighted by molar-refractivity contribution is 0.110.